The molecule has 0 saturated carbocycles. The van der Waals surface area contributed by atoms with Gasteiger partial charge in [0.25, 0.3) is 0 Å². The highest BCUT2D eigenvalue weighted by Crippen LogP contribution is 2.11. The summed E-state index contributed by atoms with van der Waals surface area (Å²) in [6, 6.07) is 18.3. The highest BCUT2D eigenvalue weighted by atomic mass is 16.1. The summed E-state index contributed by atoms with van der Waals surface area (Å²) in [4.78, 5) is 10.9. The first-order chi connectivity index (χ1) is 8.24. The molecular weight excluding hydrogens is 210 g/mol. The Morgan fingerprint density at radius 3 is 2.24 bits per heavy atom. The standard InChI is InChI=1S/C15H15NO/c16-15(17)11-14-8-4-7-13(10-14)9-12-5-2-1-3-6-12/h1-8,10H,9,11H2,(H2,16,17). The first-order valence-electron chi connectivity index (χ1n) is 5.64. The lowest BCUT2D eigenvalue weighted by molar-refractivity contribution is -0.117. The van der Waals surface area contributed by atoms with Crippen molar-refractivity contribution in [3.05, 3.63) is 71.3 Å². The van der Waals surface area contributed by atoms with Crippen LogP contribution in [0.1, 0.15) is 16.7 Å². The third kappa shape index (κ3) is 3.45. The van der Waals surface area contributed by atoms with E-state index in [1.807, 2.05) is 36.4 Å². The van der Waals surface area contributed by atoms with Crippen LogP contribution in [0.25, 0.3) is 0 Å². The van der Waals surface area contributed by atoms with E-state index in [2.05, 4.69) is 18.2 Å². The van der Waals surface area contributed by atoms with Crippen LogP contribution < -0.4 is 5.73 Å². The van der Waals surface area contributed by atoms with Gasteiger partial charge in [0.05, 0.1) is 6.42 Å². The van der Waals surface area contributed by atoms with Gasteiger partial charge in [0.15, 0.2) is 0 Å². The summed E-state index contributed by atoms with van der Waals surface area (Å²) < 4.78 is 0. The Morgan fingerprint density at radius 1 is 0.882 bits per heavy atom. The first-order valence-corrected chi connectivity index (χ1v) is 5.64. The van der Waals surface area contributed by atoms with E-state index in [0.717, 1.165) is 12.0 Å². The number of hydrogen-bond donors (Lipinski definition) is 1. The molecule has 2 N–H and O–H groups in total. The number of rotatable bonds is 4. The molecule has 2 rings (SSSR count). The van der Waals surface area contributed by atoms with Gasteiger partial charge in [-0.25, -0.2) is 0 Å². The van der Waals surface area contributed by atoms with Crippen LogP contribution in [0.3, 0.4) is 0 Å². The van der Waals surface area contributed by atoms with E-state index in [0.29, 0.717) is 6.42 Å². The molecule has 0 bridgehead atoms. The molecular formula is C15H15NO. The molecule has 2 aromatic rings. The summed E-state index contributed by atoms with van der Waals surface area (Å²) in [7, 11) is 0. The lowest BCUT2D eigenvalue weighted by atomic mass is 10.0. The van der Waals surface area contributed by atoms with Crippen molar-refractivity contribution in [2.75, 3.05) is 0 Å². The third-order valence-corrected chi connectivity index (χ3v) is 2.62. The third-order valence-electron chi connectivity index (χ3n) is 2.62. The van der Waals surface area contributed by atoms with Crippen molar-refractivity contribution in [2.45, 2.75) is 12.8 Å². The minimum atomic E-state index is -0.290. The van der Waals surface area contributed by atoms with Crippen molar-refractivity contribution in [3.63, 3.8) is 0 Å². The molecule has 17 heavy (non-hydrogen) atoms. The fourth-order valence-corrected chi connectivity index (χ4v) is 1.88. The lowest BCUT2D eigenvalue weighted by Gasteiger charge is -2.04. The zero-order valence-electron chi connectivity index (χ0n) is 9.60. The van der Waals surface area contributed by atoms with Gasteiger partial charge in [-0.15, -0.1) is 0 Å². The molecule has 0 unspecified atom stereocenters. The number of nitrogens with two attached hydrogens (primary N) is 1. The largest absolute Gasteiger partial charge is 0.369 e. The van der Waals surface area contributed by atoms with Crippen molar-refractivity contribution in [3.8, 4) is 0 Å². The maximum Gasteiger partial charge on any atom is 0.221 e. The lowest BCUT2D eigenvalue weighted by Crippen LogP contribution is -2.13. The molecule has 0 aliphatic carbocycles. The fourth-order valence-electron chi connectivity index (χ4n) is 1.88. The van der Waals surface area contributed by atoms with E-state index in [4.69, 9.17) is 5.73 Å². The van der Waals surface area contributed by atoms with E-state index in [-0.39, 0.29) is 5.91 Å². The Morgan fingerprint density at radius 2 is 1.53 bits per heavy atom. The fraction of sp³-hybridized carbons (Fsp3) is 0.133. The van der Waals surface area contributed by atoms with Gasteiger partial charge in [0, 0.05) is 0 Å². The topological polar surface area (TPSA) is 43.1 Å². The second-order valence-corrected chi connectivity index (χ2v) is 4.13. The molecule has 0 heterocycles. The minimum absolute atomic E-state index is 0.290. The molecule has 0 aliphatic heterocycles. The van der Waals surface area contributed by atoms with Crippen LogP contribution >= 0.6 is 0 Å². The molecule has 2 nitrogen and oxygen atoms in total. The zero-order valence-corrected chi connectivity index (χ0v) is 9.60. The molecule has 0 radical (unpaired) electrons. The van der Waals surface area contributed by atoms with Crippen molar-refractivity contribution in [1.29, 1.82) is 0 Å². The van der Waals surface area contributed by atoms with E-state index < -0.39 is 0 Å². The van der Waals surface area contributed by atoms with E-state index in [1.165, 1.54) is 11.1 Å². The van der Waals surface area contributed by atoms with Crippen molar-refractivity contribution in [1.82, 2.24) is 0 Å². The first kappa shape index (κ1) is 11.4. The van der Waals surface area contributed by atoms with Gasteiger partial charge in [-0.05, 0) is 23.1 Å². The Hall–Kier alpha value is -2.09. The minimum Gasteiger partial charge on any atom is -0.369 e. The average Bonchev–Trinajstić information content (AvgIpc) is 2.30. The SMILES string of the molecule is NC(=O)Cc1cccc(Cc2ccccc2)c1. The van der Waals surface area contributed by atoms with Crippen LogP contribution in [0, 0.1) is 0 Å². The van der Waals surface area contributed by atoms with E-state index >= 15 is 0 Å². The zero-order chi connectivity index (χ0) is 12.1. The molecule has 0 saturated heterocycles. The quantitative estimate of drug-likeness (QED) is 0.852. The molecule has 0 aliphatic rings. The number of carbonyl (C=O) groups is 1. The molecule has 2 heteroatoms. The van der Waals surface area contributed by atoms with Gasteiger partial charge in [-0.2, -0.15) is 0 Å². The predicted molar refractivity (Wildman–Crippen MR) is 68.6 cm³/mol. The van der Waals surface area contributed by atoms with Gasteiger partial charge in [-0.3, -0.25) is 4.79 Å². The van der Waals surface area contributed by atoms with Crippen LogP contribution in [-0.4, -0.2) is 5.91 Å². The van der Waals surface area contributed by atoms with Crippen LogP contribution in [-0.2, 0) is 17.6 Å². The van der Waals surface area contributed by atoms with Gasteiger partial charge in [-0.1, -0.05) is 54.6 Å². The average molecular weight is 225 g/mol. The predicted octanol–water partition coefficient (Wildman–Crippen LogP) is 2.31. The van der Waals surface area contributed by atoms with Gasteiger partial charge in [0.1, 0.15) is 0 Å². The number of primary amides is 1. The number of hydrogen-bond acceptors (Lipinski definition) is 1. The smallest absolute Gasteiger partial charge is 0.221 e. The van der Waals surface area contributed by atoms with Crippen LogP contribution in [0.15, 0.2) is 54.6 Å². The Bertz CT molecular complexity index is 505. The summed E-state index contributed by atoms with van der Waals surface area (Å²) in [5.41, 5.74) is 8.64. The van der Waals surface area contributed by atoms with Crippen LogP contribution in [0.4, 0.5) is 0 Å². The van der Waals surface area contributed by atoms with Gasteiger partial charge < -0.3 is 5.73 Å². The monoisotopic (exact) mass is 225 g/mol. The maximum atomic E-state index is 10.9. The summed E-state index contributed by atoms with van der Waals surface area (Å²) >= 11 is 0. The summed E-state index contributed by atoms with van der Waals surface area (Å²) in [6.45, 7) is 0. The molecule has 86 valence electrons. The van der Waals surface area contributed by atoms with Gasteiger partial charge >= 0.3 is 0 Å². The van der Waals surface area contributed by atoms with E-state index in [1.54, 1.807) is 0 Å². The number of carbonyl (C=O) groups excluding carboxylic acids is 1. The molecule has 2 aromatic carbocycles. The summed E-state index contributed by atoms with van der Waals surface area (Å²) in [5.74, 6) is -0.290. The van der Waals surface area contributed by atoms with Crippen LogP contribution in [0.2, 0.25) is 0 Å². The number of benzene rings is 2. The van der Waals surface area contributed by atoms with E-state index in [9.17, 15) is 4.79 Å². The second kappa shape index (κ2) is 5.30. The van der Waals surface area contributed by atoms with Crippen molar-refractivity contribution < 1.29 is 4.79 Å². The Labute approximate surface area is 101 Å². The molecule has 0 spiro atoms. The Kier molecular flexibility index (Phi) is 3.55. The second-order valence-electron chi connectivity index (χ2n) is 4.13. The Balaban J connectivity index is 2.14. The molecule has 0 fully saturated rings. The normalized spacial score (nSPS) is 10.1. The summed E-state index contributed by atoms with van der Waals surface area (Å²) in [5, 5.41) is 0. The summed E-state index contributed by atoms with van der Waals surface area (Å²) in [6.07, 6.45) is 1.19. The number of amides is 1. The highest BCUT2D eigenvalue weighted by Gasteiger charge is 2.00. The maximum absolute atomic E-state index is 10.9. The molecule has 0 aromatic heterocycles. The van der Waals surface area contributed by atoms with Crippen molar-refractivity contribution in [2.24, 2.45) is 5.73 Å². The van der Waals surface area contributed by atoms with Gasteiger partial charge in [0.2, 0.25) is 5.91 Å². The molecule has 0 atom stereocenters. The highest BCUT2D eigenvalue weighted by molar-refractivity contribution is 5.76. The van der Waals surface area contributed by atoms with Crippen LogP contribution in [0.5, 0.6) is 0 Å². The van der Waals surface area contributed by atoms with Crippen molar-refractivity contribution >= 4 is 5.91 Å². The molecule has 1 amide bonds.